The van der Waals surface area contributed by atoms with Crippen LogP contribution in [-0.4, -0.2) is 13.6 Å². The molecule has 1 rings (SSSR count). The van der Waals surface area contributed by atoms with E-state index in [4.69, 9.17) is 5.53 Å². The van der Waals surface area contributed by atoms with Gasteiger partial charge in [-0.15, -0.1) is 0 Å². The third-order valence-electron chi connectivity index (χ3n) is 1.94. The summed E-state index contributed by atoms with van der Waals surface area (Å²) in [6.07, 6.45) is 4.80. The second-order valence-corrected chi connectivity index (χ2v) is 3.02. The van der Waals surface area contributed by atoms with Gasteiger partial charge in [-0.25, -0.2) is 0 Å². The first-order chi connectivity index (χ1) is 7.36. The Kier molecular flexibility index (Phi) is 4.84. The fourth-order valence-corrected chi connectivity index (χ4v) is 1.19. The molecule has 0 aliphatic carbocycles. The average molecular weight is 202 g/mol. The lowest BCUT2D eigenvalue weighted by atomic mass is 10.2. The van der Waals surface area contributed by atoms with Crippen LogP contribution >= 0.6 is 0 Å². The van der Waals surface area contributed by atoms with Crippen LogP contribution in [0.25, 0.3) is 16.5 Å². The molecule has 1 N–H and O–H groups in total. The zero-order valence-corrected chi connectivity index (χ0v) is 8.72. The minimum absolute atomic E-state index is 0.513. The molecule has 0 bridgehead atoms. The lowest BCUT2D eigenvalue weighted by molar-refractivity contribution is 0.996. The summed E-state index contributed by atoms with van der Waals surface area (Å²) in [6.45, 7) is 0.513. The Morgan fingerprint density at radius 1 is 1.53 bits per heavy atom. The van der Waals surface area contributed by atoms with Crippen molar-refractivity contribution >= 4 is 11.8 Å². The van der Waals surface area contributed by atoms with Gasteiger partial charge in [0.05, 0.1) is 0 Å². The van der Waals surface area contributed by atoms with Crippen molar-refractivity contribution in [2.24, 2.45) is 5.11 Å². The van der Waals surface area contributed by atoms with E-state index in [1.165, 1.54) is 0 Å². The third kappa shape index (κ3) is 4.20. The smallest absolute Gasteiger partial charge is 0.0343 e. The maximum absolute atomic E-state index is 8.08. The summed E-state index contributed by atoms with van der Waals surface area (Å²) >= 11 is 0. The van der Waals surface area contributed by atoms with Gasteiger partial charge in [0.25, 0.3) is 0 Å². The lowest BCUT2D eigenvalue weighted by Gasteiger charge is -2.00. The van der Waals surface area contributed by atoms with E-state index in [0.29, 0.717) is 6.54 Å². The lowest BCUT2D eigenvalue weighted by Crippen LogP contribution is -1.87. The molecule has 0 aliphatic heterocycles. The molecule has 0 amide bonds. The number of nitrogens with one attached hydrogen (secondary N) is 1. The van der Waals surface area contributed by atoms with E-state index in [-0.39, 0.29) is 0 Å². The zero-order valence-electron chi connectivity index (χ0n) is 8.72. The maximum atomic E-state index is 8.08. The van der Waals surface area contributed by atoms with Crippen molar-refractivity contribution in [1.82, 2.24) is 0 Å². The van der Waals surface area contributed by atoms with Crippen LogP contribution in [0, 0.1) is 0 Å². The SMILES string of the molecule is CNc1cccc(C=CCCN=[N+]=[N-])c1. The van der Waals surface area contributed by atoms with Gasteiger partial charge in [-0.05, 0) is 29.6 Å². The van der Waals surface area contributed by atoms with E-state index < -0.39 is 0 Å². The Balaban J connectivity index is 2.52. The van der Waals surface area contributed by atoms with Gasteiger partial charge >= 0.3 is 0 Å². The van der Waals surface area contributed by atoms with Crippen LogP contribution in [0.5, 0.6) is 0 Å². The van der Waals surface area contributed by atoms with Crippen LogP contribution in [0.1, 0.15) is 12.0 Å². The molecule has 1 aromatic rings. The molecule has 1 aromatic carbocycles. The van der Waals surface area contributed by atoms with Crippen molar-refractivity contribution in [3.8, 4) is 0 Å². The Bertz CT molecular complexity index is 378. The molecule has 15 heavy (non-hydrogen) atoms. The molecule has 0 aliphatic rings. The summed E-state index contributed by atoms with van der Waals surface area (Å²) in [7, 11) is 1.89. The van der Waals surface area contributed by atoms with Crippen LogP contribution in [0.4, 0.5) is 5.69 Å². The quantitative estimate of drug-likeness (QED) is 0.338. The number of benzene rings is 1. The number of azide groups is 1. The molecule has 0 aromatic heterocycles. The van der Waals surface area contributed by atoms with Gasteiger partial charge in [-0.2, -0.15) is 0 Å². The highest BCUT2D eigenvalue weighted by Crippen LogP contribution is 2.11. The normalized spacial score (nSPS) is 9.93. The van der Waals surface area contributed by atoms with Crippen molar-refractivity contribution in [1.29, 1.82) is 0 Å². The number of nitrogens with zero attached hydrogens (tertiary/aromatic N) is 3. The molecule has 0 radical (unpaired) electrons. The van der Waals surface area contributed by atoms with Gasteiger partial charge in [0, 0.05) is 24.2 Å². The summed E-state index contributed by atoms with van der Waals surface area (Å²) in [4.78, 5) is 2.69. The van der Waals surface area contributed by atoms with Gasteiger partial charge in [0.2, 0.25) is 0 Å². The van der Waals surface area contributed by atoms with Crippen molar-refractivity contribution < 1.29 is 0 Å². The van der Waals surface area contributed by atoms with Crippen LogP contribution in [-0.2, 0) is 0 Å². The predicted octanol–water partition coefficient (Wildman–Crippen LogP) is 3.44. The number of hydrogen-bond donors (Lipinski definition) is 1. The van der Waals surface area contributed by atoms with E-state index in [1.54, 1.807) is 0 Å². The van der Waals surface area contributed by atoms with Gasteiger partial charge < -0.3 is 5.32 Å². The van der Waals surface area contributed by atoms with Gasteiger partial charge in [-0.1, -0.05) is 29.4 Å². The molecule has 0 spiro atoms. The minimum Gasteiger partial charge on any atom is -0.388 e. The number of rotatable bonds is 5. The molecule has 0 unspecified atom stereocenters. The molecule has 0 saturated carbocycles. The topological polar surface area (TPSA) is 60.8 Å². The fraction of sp³-hybridized carbons (Fsp3) is 0.273. The summed E-state index contributed by atoms with van der Waals surface area (Å²) in [5.74, 6) is 0. The summed E-state index contributed by atoms with van der Waals surface area (Å²) in [5.41, 5.74) is 10.3. The number of anilines is 1. The first kappa shape index (κ1) is 11.1. The Morgan fingerprint density at radius 3 is 3.13 bits per heavy atom. The first-order valence-corrected chi connectivity index (χ1v) is 4.82. The maximum Gasteiger partial charge on any atom is 0.0343 e. The Hall–Kier alpha value is -1.93. The van der Waals surface area contributed by atoms with E-state index in [1.807, 2.05) is 37.4 Å². The summed E-state index contributed by atoms with van der Waals surface area (Å²) < 4.78 is 0. The van der Waals surface area contributed by atoms with Crippen LogP contribution in [0.3, 0.4) is 0 Å². The van der Waals surface area contributed by atoms with Gasteiger partial charge in [-0.3, -0.25) is 0 Å². The van der Waals surface area contributed by atoms with Crippen LogP contribution < -0.4 is 5.32 Å². The standard InChI is InChI=1S/C11H14N4/c1-13-11-7-4-6-10(9-11)5-2-3-8-14-15-12/h2,4-7,9,13H,3,8H2,1H3. The molecular weight excluding hydrogens is 188 g/mol. The highest BCUT2D eigenvalue weighted by Gasteiger charge is 1.88. The molecule has 0 saturated heterocycles. The van der Waals surface area contributed by atoms with Crippen molar-refractivity contribution in [3.63, 3.8) is 0 Å². The Morgan fingerprint density at radius 2 is 2.40 bits per heavy atom. The minimum atomic E-state index is 0.513. The largest absolute Gasteiger partial charge is 0.388 e. The summed E-state index contributed by atoms with van der Waals surface area (Å²) in [5, 5.41) is 6.53. The fourth-order valence-electron chi connectivity index (χ4n) is 1.19. The molecular formula is C11H14N4. The molecule has 0 heterocycles. The van der Waals surface area contributed by atoms with E-state index >= 15 is 0 Å². The van der Waals surface area contributed by atoms with Gasteiger partial charge in [0.15, 0.2) is 0 Å². The van der Waals surface area contributed by atoms with Crippen molar-refractivity contribution in [2.75, 3.05) is 18.9 Å². The van der Waals surface area contributed by atoms with Crippen LogP contribution in [0.2, 0.25) is 0 Å². The highest BCUT2D eigenvalue weighted by atomic mass is 15.1. The molecule has 4 heteroatoms. The molecule has 0 fully saturated rings. The predicted molar refractivity (Wildman–Crippen MR) is 63.7 cm³/mol. The summed E-state index contributed by atoms with van der Waals surface area (Å²) in [6, 6.07) is 8.10. The highest BCUT2D eigenvalue weighted by molar-refractivity contribution is 5.56. The monoisotopic (exact) mass is 202 g/mol. The second kappa shape index (κ2) is 6.51. The van der Waals surface area contributed by atoms with E-state index in [0.717, 1.165) is 17.7 Å². The van der Waals surface area contributed by atoms with Gasteiger partial charge in [0.1, 0.15) is 0 Å². The van der Waals surface area contributed by atoms with E-state index in [9.17, 15) is 0 Å². The molecule has 78 valence electrons. The average Bonchev–Trinajstić information content (AvgIpc) is 2.29. The zero-order chi connectivity index (χ0) is 10.9. The van der Waals surface area contributed by atoms with Crippen molar-refractivity contribution in [3.05, 3.63) is 46.3 Å². The van der Waals surface area contributed by atoms with Crippen LogP contribution in [0.15, 0.2) is 35.5 Å². The number of hydrogen-bond acceptors (Lipinski definition) is 2. The third-order valence-corrected chi connectivity index (χ3v) is 1.94. The first-order valence-electron chi connectivity index (χ1n) is 4.82. The Labute approximate surface area is 89.3 Å². The molecule has 4 nitrogen and oxygen atoms in total. The van der Waals surface area contributed by atoms with Crippen molar-refractivity contribution in [2.45, 2.75) is 6.42 Å². The molecule has 0 atom stereocenters. The second-order valence-electron chi connectivity index (χ2n) is 3.02. The van der Waals surface area contributed by atoms with E-state index in [2.05, 4.69) is 21.4 Å².